The van der Waals surface area contributed by atoms with Crippen LogP contribution in [-0.2, 0) is 5.41 Å². The minimum atomic E-state index is -1.01. The van der Waals surface area contributed by atoms with Gasteiger partial charge in [0.05, 0.1) is 5.69 Å². The molecule has 0 aliphatic rings. The number of aromatic nitrogens is 1. The van der Waals surface area contributed by atoms with Gasteiger partial charge in [-0.1, -0.05) is 20.8 Å². The number of hydrogen-bond acceptors (Lipinski definition) is 5. The molecule has 0 bridgehead atoms. The van der Waals surface area contributed by atoms with E-state index in [9.17, 15) is 20.1 Å². The molecule has 20 heavy (non-hydrogen) atoms. The average molecular weight is 293 g/mol. The standard InChI is InChI=1S/C14H15NO4S/c1-14(2,3)11-10(13(18)19)20-12(15-11)7-4-5-8(16)9(17)6-7/h4-6,16-17H,1-3H3,(H,18,19). The van der Waals surface area contributed by atoms with Gasteiger partial charge in [0.15, 0.2) is 11.5 Å². The van der Waals surface area contributed by atoms with Gasteiger partial charge in [0.1, 0.15) is 9.88 Å². The maximum absolute atomic E-state index is 11.3. The number of phenols is 2. The zero-order valence-electron chi connectivity index (χ0n) is 11.3. The molecule has 1 aromatic carbocycles. The molecular weight excluding hydrogens is 278 g/mol. The Morgan fingerprint density at radius 1 is 1.20 bits per heavy atom. The number of nitrogens with zero attached hydrogens (tertiary/aromatic N) is 1. The molecule has 6 heteroatoms. The summed E-state index contributed by atoms with van der Waals surface area (Å²) in [7, 11) is 0. The number of carboxylic acids is 1. The minimum absolute atomic E-state index is 0.195. The van der Waals surface area contributed by atoms with E-state index >= 15 is 0 Å². The topological polar surface area (TPSA) is 90.7 Å². The maximum Gasteiger partial charge on any atom is 0.347 e. The van der Waals surface area contributed by atoms with Crippen molar-refractivity contribution in [1.29, 1.82) is 0 Å². The maximum atomic E-state index is 11.3. The van der Waals surface area contributed by atoms with Crippen LogP contribution in [-0.4, -0.2) is 26.3 Å². The number of hydrogen-bond donors (Lipinski definition) is 3. The molecule has 0 unspecified atom stereocenters. The summed E-state index contributed by atoms with van der Waals surface area (Å²) in [6, 6.07) is 4.31. The van der Waals surface area contributed by atoms with Gasteiger partial charge in [-0.3, -0.25) is 0 Å². The van der Waals surface area contributed by atoms with Gasteiger partial charge in [0, 0.05) is 11.0 Å². The van der Waals surface area contributed by atoms with E-state index in [1.165, 1.54) is 12.1 Å². The van der Waals surface area contributed by atoms with Crippen LogP contribution in [0.5, 0.6) is 11.5 Å². The highest BCUT2D eigenvalue weighted by molar-refractivity contribution is 7.17. The van der Waals surface area contributed by atoms with E-state index < -0.39 is 5.97 Å². The van der Waals surface area contributed by atoms with E-state index in [-0.39, 0.29) is 21.8 Å². The zero-order valence-corrected chi connectivity index (χ0v) is 12.2. The van der Waals surface area contributed by atoms with Crippen LogP contribution in [0.4, 0.5) is 0 Å². The highest BCUT2D eigenvalue weighted by atomic mass is 32.1. The summed E-state index contributed by atoms with van der Waals surface area (Å²) in [5.74, 6) is -1.49. The second kappa shape index (κ2) is 4.79. The normalized spacial score (nSPS) is 11.6. The van der Waals surface area contributed by atoms with Crippen LogP contribution >= 0.6 is 11.3 Å². The van der Waals surface area contributed by atoms with Gasteiger partial charge in [-0.25, -0.2) is 9.78 Å². The number of rotatable bonds is 2. The number of aromatic hydroxyl groups is 2. The van der Waals surface area contributed by atoms with Crippen LogP contribution in [0.2, 0.25) is 0 Å². The van der Waals surface area contributed by atoms with Crippen molar-refractivity contribution in [3.05, 3.63) is 28.8 Å². The van der Waals surface area contributed by atoms with Crippen molar-refractivity contribution in [2.45, 2.75) is 26.2 Å². The van der Waals surface area contributed by atoms with Crippen LogP contribution in [0.3, 0.4) is 0 Å². The lowest BCUT2D eigenvalue weighted by molar-refractivity contribution is 0.0699. The molecule has 2 rings (SSSR count). The number of aromatic carboxylic acids is 1. The second-order valence-corrected chi connectivity index (χ2v) is 6.45. The average Bonchev–Trinajstić information content (AvgIpc) is 2.77. The summed E-state index contributed by atoms with van der Waals surface area (Å²) in [6.45, 7) is 5.69. The Balaban J connectivity index is 2.58. The molecule has 0 saturated heterocycles. The summed E-state index contributed by atoms with van der Waals surface area (Å²) >= 11 is 1.06. The van der Waals surface area contributed by atoms with Crippen molar-refractivity contribution in [2.75, 3.05) is 0 Å². The lowest BCUT2D eigenvalue weighted by Crippen LogP contribution is -2.16. The summed E-state index contributed by atoms with van der Waals surface area (Å²) in [4.78, 5) is 15.9. The van der Waals surface area contributed by atoms with Crippen LogP contribution in [0.15, 0.2) is 18.2 Å². The smallest absolute Gasteiger partial charge is 0.347 e. The molecule has 0 atom stereocenters. The molecule has 106 valence electrons. The first-order valence-corrected chi connectivity index (χ1v) is 6.78. The molecule has 0 fully saturated rings. The van der Waals surface area contributed by atoms with E-state index in [1.54, 1.807) is 6.07 Å². The third kappa shape index (κ3) is 2.60. The second-order valence-electron chi connectivity index (χ2n) is 5.46. The fraction of sp³-hybridized carbons (Fsp3) is 0.286. The molecule has 2 aromatic rings. The number of carbonyl (C=O) groups is 1. The molecule has 0 radical (unpaired) electrons. The van der Waals surface area contributed by atoms with Gasteiger partial charge in [0.25, 0.3) is 0 Å². The van der Waals surface area contributed by atoms with Gasteiger partial charge in [0.2, 0.25) is 0 Å². The first-order valence-electron chi connectivity index (χ1n) is 5.97. The third-order valence-corrected chi connectivity index (χ3v) is 3.85. The van der Waals surface area contributed by atoms with E-state index in [0.717, 1.165) is 11.3 Å². The molecule has 3 N–H and O–H groups in total. The lowest BCUT2D eigenvalue weighted by Gasteiger charge is -2.16. The van der Waals surface area contributed by atoms with Gasteiger partial charge in [-0.2, -0.15) is 0 Å². The summed E-state index contributed by atoms with van der Waals surface area (Å²) in [6.07, 6.45) is 0. The van der Waals surface area contributed by atoms with Gasteiger partial charge < -0.3 is 15.3 Å². The Labute approximate surface area is 120 Å². The molecule has 1 aromatic heterocycles. The van der Waals surface area contributed by atoms with Crippen LogP contribution < -0.4 is 0 Å². The Bertz CT molecular complexity index is 670. The fourth-order valence-electron chi connectivity index (χ4n) is 1.75. The van der Waals surface area contributed by atoms with Crippen LogP contribution in [0.1, 0.15) is 36.1 Å². The van der Waals surface area contributed by atoms with Crippen molar-refractivity contribution in [3.63, 3.8) is 0 Å². The van der Waals surface area contributed by atoms with Crippen molar-refractivity contribution in [2.24, 2.45) is 0 Å². The van der Waals surface area contributed by atoms with Crippen molar-refractivity contribution < 1.29 is 20.1 Å². The van der Waals surface area contributed by atoms with Crippen molar-refractivity contribution in [1.82, 2.24) is 4.98 Å². The Morgan fingerprint density at radius 3 is 2.30 bits per heavy atom. The number of thiazole rings is 1. The largest absolute Gasteiger partial charge is 0.504 e. The fourth-order valence-corrected chi connectivity index (χ4v) is 2.86. The van der Waals surface area contributed by atoms with Crippen LogP contribution in [0, 0.1) is 0 Å². The summed E-state index contributed by atoms with van der Waals surface area (Å²) < 4.78 is 0. The molecule has 5 nitrogen and oxygen atoms in total. The number of carboxylic acid groups (broad SMARTS) is 1. The Morgan fingerprint density at radius 2 is 1.85 bits per heavy atom. The highest BCUT2D eigenvalue weighted by Gasteiger charge is 2.27. The number of benzene rings is 1. The minimum Gasteiger partial charge on any atom is -0.504 e. The number of phenolic OH excluding ortho intramolecular Hbond substituents is 2. The first kappa shape index (κ1) is 14.3. The molecule has 0 aliphatic heterocycles. The summed E-state index contributed by atoms with van der Waals surface area (Å²) in [5, 5.41) is 28.6. The molecule has 0 aliphatic carbocycles. The van der Waals surface area contributed by atoms with Gasteiger partial charge in [-0.05, 0) is 18.2 Å². The van der Waals surface area contributed by atoms with E-state index in [0.29, 0.717) is 16.3 Å². The van der Waals surface area contributed by atoms with Crippen LogP contribution in [0.25, 0.3) is 10.6 Å². The highest BCUT2D eigenvalue weighted by Crippen LogP contribution is 2.37. The summed E-state index contributed by atoms with van der Waals surface area (Å²) in [5.41, 5.74) is 0.697. The first-order chi connectivity index (χ1) is 9.20. The van der Waals surface area contributed by atoms with Crippen molar-refractivity contribution in [3.8, 4) is 22.1 Å². The molecular formula is C14H15NO4S. The van der Waals surface area contributed by atoms with E-state index in [1.807, 2.05) is 20.8 Å². The Hall–Kier alpha value is -2.08. The molecule has 1 heterocycles. The molecule has 0 amide bonds. The van der Waals surface area contributed by atoms with E-state index in [4.69, 9.17) is 0 Å². The predicted molar refractivity (Wildman–Crippen MR) is 76.5 cm³/mol. The van der Waals surface area contributed by atoms with Gasteiger partial charge >= 0.3 is 5.97 Å². The zero-order chi connectivity index (χ0) is 15.1. The third-order valence-electron chi connectivity index (χ3n) is 2.75. The van der Waals surface area contributed by atoms with E-state index in [2.05, 4.69) is 4.98 Å². The molecule has 0 saturated carbocycles. The Kier molecular flexibility index (Phi) is 3.43. The quantitative estimate of drug-likeness (QED) is 0.740. The molecule has 0 spiro atoms. The predicted octanol–water partition coefficient (Wildman–Crippen LogP) is 3.22. The van der Waals surface area contributed by atoms with Gasteiger partial charge in [-0.15, -0.1) is 11.3 Å². The SMILES string of the molecule is CC(C)(C)c1nc(-c2ccc(O)c(O)c2)sc1C(=O)O. The lowest BCUT2D eigenvalue weighted by atomic mass is 9.91. The van der Waals surface area contributed by atoms with Crippen molar-refractivity contribution >= 4 is 17.3 Å². The monoisotopic (exact) mass is 293 g/mol.